The van der Waals surface area contributed by atoms with Crippen LogP contribution in [0.3, 0.4) is 0 Å². The number of ether oxygens (including phenoxy) is 1. The molecule has 0 aromatic heterocycles. The zero-order chi connectivity index (χ0) is 14.8. The lowest BCUT2D eigenvalue weighted by atomic mass is 9.94. The minimum Gasteiger partial charge on any atom is -0.497 e. The van der Waals surface area contributed by atoms with Crippen molar-refractivity contribution in [2.24, 2.45) is 5.92 Å². The van der Waals surface area contributed by atoms with E-state index in [0.29, 0.717) is 24.2 Å². The van der Waals surface area contributed by atoms with E-state index in [4.69, 9.17) is 4.74 Å². The highest BCUT2D eigenvalue weighted by atomic mass is 32.2. The Morgan fingerprint density at radius 1 is 1.50 bits per heavy atom. The molecule has 1 N–H and O–H groups in total. The zero-order valence-corrected chi connectivity index (χ0v) is 12.5. The van der Waals surface area contributed by atoms with Crippen molar-refractivity contribution in [1.82, 2.24) is 5.32 Å². The fraction of sp³-hybridized carbons (Fsp3) is 0.571. The molecule has 1 aromatic rings. The van der Waals surface area contributed by atoms with Crippen LogP contribution in [0.15, 0.2) is 18.2 Å². The molecule has 1 aliphatic rings. The topological polar surface area (TPSA) is 55.4 Å². The van der Waals surface area contributed by atoms with Crippen molar-refractivity contribution in [2.45, 2.75) is 18.9 Å². The van der Waals surface area contributed by atoms with E-state index in [2.05, 4.69) is 5.32 Å². The molecule has 1 aromatic carbocycles. The van der Waals surface area contributed by atoms with Gasteiger partial charge < -0.3 is 10.1 Å². The SMILES string of the molecule is CNC(CC1CCS(=O)(=O)C1)c1ccc(OC)cc1F. The second kappa shape index (κ2) is 6.10. The first-order chi connectivity index (χ1) is 9.45. The molecule has 1 saturated heterocycles. The molecule has 2 atom stereocenters. The van der Waals surface area contributed by atoms with Gasteiger partial charge >= 0.3 is 0 Å². The number of hydrogen-bond donors (Lipinski definition) is 1. The Morgan fingerprint density at radius 2 is 2.25 bits per heavy atom. The summed E-state index contributed by atoms with van der Waals surface area (Å²) in [6.45, 7) is 0. The molecule has 2 unspecified atom stereocenters. The van der Waals surface area contributed by atoms with E-state index in [1.807, 2.05) is 0 Å². The molecule has 1 fully saturated rings. The summed E-state index contributed by atoms with van der Waals surface area (Å²) >= 11 is 0. The lowest BCUT2D eigenvalue weighted by Gasteiger charge is -2.20. The van der Waals surface area contributed by atoms with Crippen molar-refractivity contribution in [1.29, 1.82) is 0 Å². The van der Waals surface area contributed by atoms with E-state index in [9.17, 15) is 12.8 Å². The summed E-state index contributed by atoms with van der Waals surface area (Å²) < 4.78 is 42.0. The summed E-state index contributed by atoms with van der Waals surface area (Å²) in [6.07, 6.45) is 1.29. The van der Waals surface area contributed by atoms with E-state index in [-0.39, 0.29) is 29.3 Å². The van der Waals surface area contributed by atoms with Crippen LogP contribution in [0.5, 0.6) is 5.75 Å². The highest BCUT2D eigenvalue weighted by Gasteiger charge is 2.30. The Labute approximate surface area is 119 Å². The van der Waals surface area contributed by atoms with Gasteiger partial charge in [-0.3, -0.25) is 0 Å². The Balaban J connectivity index is 2.12. The van der Waals surface area contributed by atoms with E-state index in [1.165, 1.54) is 13.2 Å². The van der Waals surface area contributed by atoms with Crippen LogP contribution in [0.4, 0.5) is 4.39 Å². The summed E-state index contributed by atoms with van der Waals surface area (Å²) in [7, 11) is 0.361. The Kier molecular flexibility index (Phi) is 4.65. The van der Waals surface area contributed by atoms with E-state index in [0.717, 1.165) is 0 Å². The van der Waals surface area contributed by atoms with Gasteiger partial charge in [0.15, 0.2) is 9.84 Å². The summed E-state index contributed by atoms with van der Waals surface area (Å²) in [6, 6.07) is 4.58. The molecule has 20 heavy (non-hydrogen) atoms. The smallest absolute Gasteiger partial charge is 0.150 e. The first kappa shape index (κ1) is 15.3. The number of hydrogen-bond acceptors (Lipinski definition) is 4. The molecule has 1 aliphatic heterocycles. The van der Waals surface area contributed by atoms with Crippen molar-refractivity contribution >= 4 is 9.84 Å². The molecule has 4 nitrogen and oxygen atoms in total. The highest BCUT2D eigenvalue weighted by molar-refractivity contribution is 7.91. The molecule has 0 bridgehead atoms. The molecule has 0 radical (unpaired) electrons. The fourth-order valence-electron chi connectivity index (χ4n) is 2.71. The number of methoxy groups -OCH3 is 1. The van der Waals surface area contributed by atoms with E-state index >= 15 is 0 Å². The van der Waals surface area contributed by atoms with Gasteiger partial charge in [-0.05, 0) is 31.9 Å². The number of rotatable bonds is 5. The van der Waals surface area contributed by atoms with Gasteiger partial charge in [-0.2, -0.15) is 0 Å². The van der Waals surface area contributed by atoms with Gasteiger partial charge in [0.2, 0.25) is 0 Å². The van der Waals surface area contributed by atoms with Crippen LogP contribution >= 0.6 is 0 Å². The average molecular weight is 301 g/mol. The monoisotopic (exact) mass is 301 g/mol. The molecule has 0 spiro atoms. The Bertz CT molecular complexity index is 574. The molecule has 6 heteroatoms. The Hall–Kier alpha value is -1.14. The number of sulfone groups is 1. The molecular weight excluding hydrogens is 281 g/mol. The van der Waals surface area contributed by atoms with Gasteiger partial charge in [-0.15, -0.1) is 0 Å². The van der Waals surface area contributed by atoms with Crippen molar-refractivity contribution < 1.29 is 17.5 Å². The molecule has 0 amide bonds. The predicted octanol–water partition coefficient (Wildman–Crippen LogP) is 1.92. The van der Waals surface area contributed by atoms with Crippen molar-refractivity contribution in [3.05, 3.63) is 29.6 Å². The van der Waals surface area contributed by atoms with Crippen molar-refractivity contribution in [3.8, 4) is 5.75 Å². The summed E-state index contributed by atoms with van der Waals surface area (Å²) in [5.74, 6) is 0.704. The average Bonchev–Trinajstić information content (AvgIpc) is 2.75. The highest BCUT2D eigenvalue weighted by Crippen LogP contribution is 2.31. The molecule has 2 rings (SSSR count). The standard InChI is InChI=1S/C14H20FNO3S/c1-16-14(7-10-5-6-20(17,18)9-10)12-4-3-11(19-2)8-13(12)15/h3-4,8,10,14,16H,5-7,9H2,1-2H3. The maximum absolute atomic E-state index is 14.1. The molecule has 112 valence electrons. The molecule has 0 aliphatic carbocycles. The van der Waals surface area contributed by atoms with Gasteiger partial charge in [-0.1, -0.05) is 6.07 Å². The first-order valence-corrected chi connectivity index (χ1v) is 8.48. The third kappa shape index (κ3) is 3.49. The van der Waals surface area contributed by atoms with Crippen LogP contribution in [-0.2, 0) is 9.84 Å². The van der Waals surface area contributed by atoms with Crippen LogP contribution in [0, 0.1) is 11.7 Å². The number of benzene rings is 1. The van der Waals surface area contributed by atoms with Gasteiger partial charge in [0.05, 0.1) is 18.6 Å². The summed E-state index contributed by atoms with van der Waals surface area (Å²) in [5.41, 5.74) is 0.553. The van der Waals surface area contributed by atoms with Crippen LogP contribution in [0.2, 0.25) is 0 Å². The third-order valence-corrected chi connectivity index (χ3v) is 5.66. The maximum Gasteiger partial charge on any atom is 0.150 e. The minimum atomic E-state index is -2.89. The van der Waals surface area contributed by atoms with Gasteiger partial charge in [0.25, 0.3) is 0 Å². The third-order valence-electron chi connectivity index (χ3n) is 3.83. The quantitative estimate of drug-likeness (QED) is 0.903. The first-order valence-electron chi connectivity index (χ1n) is 6.66. The largest absolute Gasteiger partial charge is 0.497 e. The fourth-order valence-corrected chi connectivity index (χ4v) is 4.59. The lowest BCUT2D eigenvalue weighted by Crippen LogP contribution is -2.21. The van der Waals surface area contributed by atoms with Gasteiger partial charge in [0, 0.05) is 17.7 Å². The van der Waals surface area contributed by atoms with Crippen molar-refractivity contribution in [3.63, 3.8) is 0 Å². The van der Waals surface area contributed by atoms with E-state index in [1.54, 1.807) is 19.2 Å². The number of nitrogens with one attached hydrogen (secondary N) is 1. The lowest BCUT2D eigenvalue weighted by molar-refractivity contribution is 0.403. The van der Waals surface area contributed by atoms with Crippen molar-refractivity contribution in [2.75, 3.05) is 25.7 Å². The molecule has 1 heterocycles. The maximum atomic E-state index is 14.1. The molecular formula is C14H20FNO3S. The second-order valence-corrected chi connectivity index (χ2v) is 7.46. The van der Waals surface area contributed by atoms with Crippen LogP contribution < -0.4 is 10.1 Å². The van der Waals surface area contributed by atoms with E-state index < -0.39 is 9.84 Å². The predicted molar refractivity (Wildman–Crippen MR) is 76.1 cm³/mol. The molecule has 0 saturated carbocycles. The van der Waals surface area contributed by atoms with Gasteiger partial charge in [-0.25, -0.2) is 12.8 Å². The Morgan fingerprint density at radius 3 is 2.75 bits per heavy atom. The second-order valence-electron chi connectivity index (χ2n) is 5.23. The van der Waals surface area contributed by atoms with Crippen LogP contribution in [0.1, 0.15) is 24.4 Å². The normalized spacial score (nSPS) is 22.6. The minimum absolute atomic E-state index is 0.0963. The van der Waals surface area contributed by atoms with Crippen LogP contribution in [-0.4, -0.2) is 34.1 Å². The number of halogens is 1. The summed E-state index contributed by atoms with van der Waals surface area (Å²) in [4.78, 5) is 0. The van der Waals surface area contributed by atoms with Crippen LogP contribution in [0.25, 0.3) is 0 Å². The van der Waals surface area contributed by atoms with Gasteiger partial charge in [0.1, 0.15) is 11.6 Å². The summed E-state index contributed by atoms with van der Waals surface area (Å²) in [5, 5.41) is 3.08. The zero-order valence-electron chi connectivity index (χ0n) is 11.7.